The lowest BCUT2D eigenvalue weighted by molar-refractivity contribution is -0.139. The van der Waals surface area contributed by atoms with Gasteiger partial charge in [0.15, 0.2) is 0 Å². The molecule has 1 aromatic carbocycles. The highest BCUT2D eigenvalue weighted by atomic mass is 79.9. The monoisotopic (exact) mass is 449 g/mol. The zero-order valence-electron chi connectivity index (χ0n) is 16.0. The Hall–Kier alpha value is -0.680. The van der Waals surface area contributed by atoms with Crippen molar-refractivity contribution in [2.75, 3.05) is 19.4 Å². The van der Waals surface area contributed by atoms with Gasteiger partial charge in [-0.05, 0) is 95.3 Å². The smallest absolute Gasteiger partial charge is 0.224 e. The summed E-state index contributed by atoms with van der Waals surface area (Å²) in [5, 5.41) is 0.147. The Morgan fingerprint density at radius 3 is 2.48 bits per heavy atom. The van der Waals surface area contributed by atoms with Gasteiger partial charge in [-0.25, -0.2) is 0 Å². The Kier molecular flexibility index (Phi) is 4.75. The quantitative estimate of drug-likeness (QED) is 0.595. The van der Waals surface area contributed by atoms with Gasteiger partial charge in [-0.15, -0.1) is 11.8 Å². The number of carbonyl (C=O) groups is 1. The molecule has 27 heavy (non-hydrogen) atoms. The number of thioether (sulfide) groups is 1. The highest BCUT2D eigenvalue weighted by Gasteiger charge is 2.52. The van der Waals surface area contributed by atoms with E-state index in [1.54, 1.807) is 7.11 Å². The van der Waals surface area contributed by atoms with Gasteiger partial charge in [-0.2, -0.15) is 0 Å². The number of nitrogens with zero attached hydrogens (tertiary/aromatic N) is 1. The molecule has 5 aliphatic rings. The Labute approximate surface area is 174 Å². The number of hydrogen-bond acceptors (Lipinski definition) is 3. The molecule has 5 heteroatoms. The van der Waals surface area contributed by atoms with E-state index < -0.39 is 0 Å². The molecular formula is C22H28BrNO2S. The third-order valence-corrected chi connectivity index (χ3v) is 9.24. The van der Waals surface area contributed by atoms with Crippen LogP contribution in [0.4, 0.5) is 0 Å². The fourth-order valence-corrected chi connectivity index (χ4v) is 8.59. The Morgan fingerprint density at radius 2 is 1.89 bits per heavy atom. The van der Waals surface area contributed by atoms with Gasteiger partial charge in [0.2, 0.25) is 5.91 Å². The Balaban J connectivity index is 1.33. The van der Waals surface area contributed by atoms with E-state index >= 15 is 0 Å². The van der Waals surface area contributed by atoms with E-state index in [4.69, 9.17) is 4.74 Å². The summed E-state index contributed by atoms with van der Waals surface area (Å²) in [6.07, 6.45) is 9.03. The first-order chi connectivity index (χ1) is 13.0. The van der Waals surface area contributed by atoms with Crippen LogP contribution < -0.4 is 4.74 Å². The van der Waals surface area contributed by atoms with E-state index in [0.717, 1.165) is 46.7 Å². The van der Waals surface area contributed by atoms with Gasteiger partial charge in [0.25, 0.3) is 0 Å². The number of amides is 1. The minimum atomic E-state index is 0.147. The van der Waals surface area contributed by atoms with Crippen LogP contribution in [0.15, 0.2) is 22.7 Å². The van der Waals surface area contributed by atoms with Crippen molar-refractivity contribution in [2.45, 2.75) is 50.3 Å². The molecule has 4 aliphatic carbocycles. The molecule has 4 saturated carbocycles. The second-order valence-electron chi connectivity index (χ2n) is 9.30. The summed E-state index contributed by atoms with van der Waals surface area (Å²) >= 11 is 5.49. The maximum Gasteiger partial charge on any atom is 0.224 e. The third kappa shape index (κ3) is 3.33. The fourth-order valence-electron chi connectivity index (χ4n) is 6.77. The van der Waals surface area contributed by atoms with Crippen molar-refractivity contribution in [3.05, 3.63) is 28.2 Å². The molecule has 0 radical (unpaired) electrons. The normalized spacial score (nSPS) is 37.0. The molecule has 1 unspecified atom stereocenters. The van der Waals surface area contributed by atoms with Crippen LogP contribution in [0.2, 0.25) is 0 Å². The average Bonchev–Trinajstić information content (AvgIpc) is 3.10. The van der Waals surface area contributed by atoms with Crippen molar-refractivity contribution in [2.24, 2.45) is 23.2 Å². The molecule has 146 valence electrons. The molecule has 1 aliphatic heterocycles. The molecule has 0 spiro atoms. The van der Waals surface area contributed by atoms with Crippen LogP contribution in [0, 0.1) is 23.2 Å². The van der Waals surface area contributed by atoms with E-state index in [1.807, 2.05) is 17.8 Å². The summed E-state index contributed by atoms with van der Waals surface area (Å²) in [6.45, 7) is 0.879. The highest BCUT2D eigenvalue weighted by Crippen LogP contribution is 2.61. The summed E-state index contributed by atoms with van der Waals surface area (Å²) in [6, 6.07) is 6.23. The van der Waals surface area contributed by atoms with E-state index in [1.165, 1.54) is 44.1 Å². The molecular weight excluding hydrogens is 422 g/mol. The van der Waals surface area contributed by atoms with Crippen molar-refractivity contribution in [1.82, 2.24) is 4.90 Å². The van der Waals surface area contributed by atoms with Crippen LogP contribution in [0.5, 0.6) is 5.75 Å². The summed E-state index contributed by atoms with van der Waals surface area (Å²) in [4.78, 5) is 15.5. The van der Waals surface area contributed by atoms with E-state index in [9.17, 15) is 4.79 Å². The third-order valence-electron chi connectivity index (χ3n) is 7.36. The molecule has 1 aromatic rings. The van der Waals surface area contributed by atoms with Gasteiger partial charge in [0, 0.05) is 18.7 Å². The van der Waals surface area contributed by atoms with E-state index in [-0.39, 0.29) is 5.37 Å². The maximum atomic E-state index is 13.4. The van der Waals surface area contributed by atoms with Crippen LogP contribution in [0.3, 0.4) is 0 Å². The fraction of sp³-hybridized carbons (Fsp3) is 0.682. The van der Waals surface area contributed by atoms with Gasteiger partial charge in [-0.1, -0.05) is 6.07 Å². The summed E-state index contributed by atoms with van der Waals surface area (Å²) < 4.78 is 6.32. The number of ether oxygens (including phenoxy) is 1. The topological polar surface area (TPSA) is 29.5 Å². The van der Waals surface area contributed by atoms with Gasteiger partial charge in [-0.3, -0.25) is 4.79 Å². The second-order valence-corrected chi connectivity index (χ2v) is 11.3. The zero-order chi connectivity index (χ0) is 18.6. The summed E-state index contributed by atoms with van der Waals surface area (Å²) in [5.41, 5.74) is 1.52. The largest absolute Gasteiger partial charge is 0.496 e. The first-order valence-electron chi connectivity index (χ1n) is 10.3. The molecule has 6 rings (SSSR count). The van der Waals surface area contributed by atoms with Crippen LogP contribution in [0.25, 0.3) is 0 Å². The Bertz CT molecular complexity index is 717. The molecule has 4 bridgehead atoms. The number of benzene rings is 1. The number of halogens is 1. The Morgan fingerprint density at radius 1 is 1.22 bits per heavy atom. The molecule has 0 N–H and O–H groups in total. The van der Waals surface area contributed by atoms with Crippen LogP contribution in [-0.2, 0) is 4.79 Å². The van der Waals surface area contributed by atoms with Crippen molar-refractivity contribution in [3.8, 4) is 5.75 Å². The van der Waals surface area contributed by atoms with E-state index in [2.05, 4.69) is 33.0 Å². The predicted molar refractivity (Wildman–Crippen MR) is 113 cm³/mol. The molecule has 1 saturated heterocycles. The average molecular weight is 450 g/mol. The summed E-state index contributed by atoms with van der Waals surface area (Å²) in [7, 11) is 1.69. The van der Waals surface area contributed by atoms with Crippen LogP contribution in [-0.4, -0.2) is 30.2 Å². The van der Waals surface area contributed by atoms with Gasteiger partial charge < -0.3 is 9.64 Å². The molecule has 5 fully saturated rings. The number of methoxy groups -OCH3 is 1. The van der Waals surface area contributed by atoms with Crippen molar-refractivity contribution in [3.63, 3.8) is 0 Å². The first-order valence-corrected chi connectivity index (χ1v) is 12.1. The molecule has 0 aromatic heterocycles. The standard InChI is InChI=1S/C22H28BrNO2S/c1-26-19-3-2-17(9-18(19)23)21-24(4-5-27-21)20(25)13-22-10-14-6-15(11-22)8-16(7-14)12-22/h2-3,9,14-16,21H,4-8,10-13H2,1H3. The minimum Gasteiger partial charge on any atom is -0.496 e. The minimum absolute atomic E-state index is 0.147. The van der Waals surface area contributed by atoms with Gasteiger partial charge >= 0.3 is 0 Å². The SMILES string of the molecule is COc1ccc(C2SCCN2C(=O)CC23CC4CC(CC(C4)C2)C3)cc1Br. The van der Waals surface area contributed by atoms with Gasteiger partial charge in [0.05, 0.1) is 11.6 Å². The maximum absolute atomic E-state index is 13.4. The summed E-state index contributed by atoms with van der Waals surface area (Å²) in [5.74, 6) is 4.98. The molecule has 1 atom stereocenters. The van der Waals surface area contributed by atoms with Crippen molar-refractivity contribution >= 4 is 33.6 Å². The predicted octanol–water partition coefficient (Wildman–Crippen LogP) is 5.64. The molecule has 1 heterocycles. The van der Waals surface area contributed by atoms with E-state index in [0.29, 0.717) is 11.3 Å². The van der Waals surface area contributed by atoms with Gasteiger partial charge in [0.1, 0.15) is 11.1 Å². The van der Waals surface area contributed by atoms with Crippen molar-refractivity contribution in [1.29, 1.82) is 0 Å². The lowest BCUT2D eigenvalue weighted by Gasteiger charge is -2.57. The second kappa shape index (κ2) is 6.98. The van der Waals surface area contributed by atoms with Crippen LogP contribution >= 0.6 is 27.7 Å². The number of hydrogen-bond donors (Lipinski definition) is 0. The molecule has 3 nitrogen and oxygen atoms in total. The number of rotatable bonds is 4. The lowest BCUT2D eigenvalue weighted by Crippen LogP contribution is -2.48. The molecule has 1 amide bonds. The van der Waals surface area contributed by atoms with Crippen LogP contribution in [0.1, 0.15) is 55.9 Å². The number of carbonyl (C=O) groups excluding carboxylic acids is 1. The zero-order valence-corrected chi connectivity index (χ0v) is 18.4. The highest BCUT2D eigenvalue weighted by molar-refractivity contribution is 9.10. The lowest BCUT2D eigenvalue weighted by atomic mass is 9.49. The van der Waals surface area contributed by atoms with Crippen molar-refractivity contribution < 1.29 is 9.53 Å². The first kappa shape index (κ1) is 18.4.